The summed E-state index contributed by atoms with van der Waals surface area (Å²) in [6.07, 6.45) is 1.71. The van der Waals surface area contributed by atoms with E-state index in [0.717, 1.165) is 29.8 Å². The largest absolute Gasteiger partial charge is 0.350 e. The van der Waals surface area contributed by atoms with Crippen LogP contribution in [0.15, 0.2) is 54.6 Å². The number of nitrogens with zero attached hydrogens (tertiary/aromatic N) is 2. The number of carbonyl (C=O) groups excluding carboxylic acids is 1. The Morgan fingerprint density at radius 3 is 2.36 bits per heavy atom. The first kappa shape index (κ1) is 19.8. The normalized spacial score (nSPS) is 10.5. The summed E-state index contributed by atoms with van der Waals surface area (Å²) in [6.45, 7) is 4.48. The number of aryl methyl sites for hydroxylation is 2. The van der Waals surface area contributed by atoms with E-state index in [1.165, 1.54) is 5.56 Å². The summed E-state index contributed by atoms with van der Waals surface area (Å²) in [6, 6.07) is 17.4. The molecule has 3 aromatic rings. The summed E-state index contributed by atoms with van der Waals surface area (Å²) >= 11 is 5.89. The second kappa shape index (κ2) is 9.33. The number of hydrogen-bond acceptors (Lipinski definition) is 4. The smallest absolute Gasteiger partial charge is 0.270 e. The second-order valence-electron chi connectivity index (χ2n) is 6.53. The van der Waals surface area contributed by atoms with E-state index in [1.54, 1.807) is 6.07 Å². The van der Waals surface area contributed by atoms with Gasteiger partial charge in [-0.05, 0) is 61.2 Å². The second-order valence-corrected chi connectivity index (χ2v) is 6.96. The van der Waals surface area contributed by atoms with Gasteiger partial charge in [-0.3, -0.25) is 4.79 Å². The summed E-state index contributed by atoms with van der Waals surface area (Å²) < 4.78 is 0. The van der Waals surface area contributed by atoms with E-state index in [1.807, 2.05) is 43.3 Å². The molecule has 1 amide bonds. The highest BCUT2D eigenvalue weighted by Gasteiger charge is 2.10. The van der Waals surface area contributed by atoms with Crippen molar-refractivity contribution < 1.29 is 4.79 Å². The molecule has 0 radical (unpaired) electrons. The fourth-order valence-corrected chi connectivity index (χ4v) is 2.88. The molecule has 2 N–H and O–H groups in total. The summed E-state index contributed by atoms with van der Waals surface area (Å²) in [5, 5.41) is 6.77. The summed E-state index contributed by atoms with van der Waals surface area (Å²) in [5.74, 6) is 0.191. The van der Waals surface area contributed by atoms with Gasteiger partial charge in [0.2, 0.25) is 5.95 Å². The molecule has 6 heteroatoms. The number of aromatic nitrogens is 2. The Morgan fingerprint density at radius 1 is 1.00 bits per heavy atom. The molecule has 0 saturated carbocycles. The first-order valence-corrected chi connectivity index (χ1v) is 9.65. The van der Waals surface area contributed by atoms with Gasteiger partial charge in [-0.1, -0.05) is 42.8 Å². The first-order chi connectivity index (χ1) is 13.5. The van der Waals surface area contributed by atoms with Crippen molar-refractivity contribution in [2.24, 2.45) is 0 Å². The lowest BCUT2D eigenvalue weighted by Crippen LogP contribution is -2.27. The molecule has 0 unspecified atom stereocenters. The molecule has 3 rings (SSSR count). The van der Waals surface area contributed by atoms with E-state index in [-0.39, 0.29) is 5.91 Å². The Hall–Kier alpha value is -2.92. The Balaban J connectivity index is 1.62. The van der Waals surface area contributed by atoms with Crippen LogP contribution in [0.4, 0.5) is 11.6 Å². The van der Waals surface area contributed by atoms with Gasteiger partial charge in [0, 0.05) is 22.9 Å². The highest BCUT2D eigenvalue weighted by atomic mass is 35.5. The quantitative estimate of drug-likeness (QED) is 0.608. The van der Waals surface area contributed by atoms with Crippen LogP contribution < -0.4 is 10.6 Å². The third kappa shape index (κ3) is 5.54. The van der Waals surface area contributed by atoms with E-state index in [2.05, 4.69) is 39.7 Å². The van der Waals surface area contributed by atoms with Crippen LogP contribution in [0.25, 0.3) is 0 Å². The van der Waals surface area contributed by atoms with Crippen LogP contribution in [-0.4, -0.2) is 22.4 Å². The monoisotopic (exact) mass is 394 g/mol. The fourth-order valence-electron chi connectivity index (χ4n) is 2.76. The molecule has 0 aliphatic carbocycles. The van der Waals surface area contributed by atoms with Crippen molar-refractivity contribution in [1.82, 2.24) is 15.3 Å². The Morgan fingerprint density at radius 2 is 1.68 bits per heavy atom. The average molecular weight is 395 g/mol. The molecule has 0 fully saturated rings. The van der Waals surface area contributed by atoms with E-state index >= 15 is 0 Å². The maximum atomic E-state index is 12.5. The van der Waals surface area contributed by atoms with Gasteiger partial charge < -0.3 is 10.6 Å². The van der Waals surface area contributed by atoms with E-state index in [9.17, 15) is 4.79 Å². The average Bonchev–Trinajstić information content (AvgIpc) is 2.69. The molecule has 0 aliphatic heterocycles. The van der Waals surface area contributed by atoms with Crippen molar-refractivity contribution in [1.29, 1.82) is 0 Å². The molecule has 0 saturated heterocycles. The van der Waals surface area contributed by atoms with E-state index in [0.29, 0.717) is 23.2 Å². The van der Waals surface area contributed by atoms with Crippen LogP contribution in [0.5, 0.6) is 0 Å². The van der Waals surface area contributed by atoms with Gasteiger partial charge in [0.15, 0.2) is 0 Å². The highest BCUT2D eigenvalue weighted by Crippen LogP contribution is 2.15. The third-order valence-electron chi connectivity index (χ3n) is 4.32. The summed E-state index contributed by atoms with van der Waals surface area (Å²) in [4.78, 5) is 21.2. The van der Waals surface area contributed by atoms with Crippen molar-refractivity contribution in [3.63, 3.8) is 0 Å². The van der Waals surface area contributed by atoms with Crippen molar-refractivity contribution in [2.45, 2.75) is 26.7 Å². The molecule has 0 aliphatic rings. The van der Waals surface area contributed by atoms with Gasteiger partial charge in [0.1, 0.15) is 5.69 Å². The summed E-state index contributed by atoms with van der Waals surface area (Å²) in [5.41, 5.74) is 4.33. The van der Waals surface area contributed by atoms with Crippen molar-refractivity contribution >= 4 is 29.1 Å². The number of nitrogens with one attached hydrogen (secondary N) is 2. The SMILES string of the molecule is CCc1ccc(Nc2nc(C)cc(C(=O)NCCc3ccc(Cl)cc3)n2)cc1. The van der Waals surface area contributed by atoms with Crippen molar-refractivity contribution in [3.05, 3.63) is 82.1 Å². The maximum Gasteiger partial charge on any atom is 0.270 e. The number of halogens is 1. The third-order valence-corrected chi connectivity index (χ3v) is 4.57. The number of benzene rings is 2. The van der Waals surface area contributed by atoms with E-state index < -0.39 is 0 Å². The van der Waals surface area contributed by atoms with Crippen molar-refractivity contribution in [2.75, 3.05) is 11.9 Å². The predicted octanol–water partition coefficient (Wildman–Crippen LogP) is 4.72. The molecule has 5 nitrogen and oxygen atoms in total. The van der Waals surface area contributed by atoms with Crippen LogP contribution in [0.1, 0.15) is 34.2 Å². The fraction of sp³-hybridized carbons (Fsp3) is 0.227. The zero-order chi connectivity index (χ0) is 19.9. The van der Waals surface area contributed by atoms with Gasteiger partial charge in [-0.2, -0.15) is 0 Å². The van der Waals surface area contributed by atoms with Gasteiger partial charge in [0.25, 0.3) is 5.91 Å². The molecule has 0 bridgehead atoms. The standard InChI is InChI=1S/C22H23ClN4O/c1-3-16-6-10-19(11-7-16)26-22-25-15(2)14-20(27-22)21(28)24-13-12-17-4-8-18(23)9-5-17/h4-11,14H,3,12-13H2,1-2H3,(H,24,28)(H,25,26,27). The predicted molar refractivity (Wildman–Crippen MR) is 113 cm³/mol. The minimum absolute atomic E-state index is 0.219. The lowest BCUT2D eigenvalue weighted by molar-refractivity contribution is 0.0949. The van der Waals surface area contributed by atoms with Gasteiger partial charge >= 0.3 is 0 Å². The molecule has 2 aromatic carbocycles. The zero-order valence-corrected chi connectivity index (χ0v) is 16.8. The summed E-state index contributed by atoms with van der Waals surface area (Å²) in [7, 11) is 0. The Labute approximate surface area is 170 Å². The number of rotatable bonds is 7. The van der Waals surface area contributed by atoms with Crippen LogP contribution in [-0.2, 0) is 12.8 Å². The van der Waals surface area contributed by atoms with Crippen LogP contribution in [0.3, 0.4) is 0 Å². The number of anilines is 2. The molecule has 1 heterocycles. The maximum absolute atomic E-state index is 12.5. The number of amides is 1. The number of carbonyl (C=O) groups is 1. The zero-order valence-electron chi connectivity index (χ0n) is 16.0. The topological polar surface area (TPSA) is 66.9 Å². The Kier molecular flexibility index (Phi) is 6.61. The number of hydrogen-bond donors (Lipinski definition) is 2. The molecular formula is C22H23ClN4O. The van der Waals surface area contributed by atoms with Crippen LogP contribution >= 0.6 is 11.6 Å². The van der Waals surface area contributed by atoms with Gasteiger partial charge in [0.05, 0.1) is 0 Å². The minimum atomic E-state index is -0.219. The molecule has 0 spiro atoms. The molecule has 144 valence electrons. The van der Waals surface area contributed by atoms with Crippen LogP contribution in [0.2, 0.25) is 5.02 Å². The first-order valence-electron chi connectivity index (χ1n) is 9.28. The lowest BCUT2D eigenvalue weighted by atomic mass is 10.1. The van der Waals surface area contributed by atoms with Gasteiger partial charge in [-0.25, -0.2) is 9.97 Å². The Bertz CT molecular complexity index is 940. The van der Waals surface area contributed by atoms with Crippen molar-refractivity contribution in [3.8, 4) is 0 Å². The highest BCUT2D eigenvalue weighted by molar-refractivity contribution is 6.30. The molecule has 0 atom stereocenters. The molecular weight excluding hydrogens is 372 g/mol. The van der Waals surface area contributed by atoms with Crippen LogP contribution in [0, 0.1) is 6.92 Å². The van der Waals surface area contributed by atoms with E-state index in [4.69, 9.17) is 11.6 Å². The molecule has 1 aromatic heterocycles. The van der Waals surface area contributed by atoms with Gasteiger partial charge in [-0.15, -0.1) is 0 Å². The molecule has 28 heavy (non-hydrogen) atoms. The lowest BCUT2D eigenvalue weighted by Gasteiger charge is -2.09. The minimum Gasteiger partial charge on any atom is -0.350 e.